The maximum atomic E-state index is 4.65. The average Bonchev–Trinajstić information content (AvgIpc) is 2.99. The SMILES string of the molecule is CN1N=C(c2ccccc2)C[C@@H]1c1cccs1. The second-order valence-electron chi connectivity index (χ2n) is 4.22. The van der Waals surface area contributed by atoms with Crippen molar-refractivity contribution in [1.29, 1.82) is 0 Å². The van der Waals surface area contributed by atoms with E-state index in [-0.39, 0.29) is 0 Å². The zero-order chi connectivity index (χ0) is 11.7. The third-order valence-corrected chi connectivity index (χ3v) is 4.07. The first-order chi connectivity index (χ1) is 8.34. The highest BCUT2D eigenvalue weighted by Crippen LogP contribution is 2.33. The number of hydrogen-bond acceptors (Lipinski definition) is 3. The molecule has 0 N–H and O–H groups in total. The summed E-state index contributed by atoms with van der Waals surface area (Å²) in [5, 5.41) is 8.86. The summed E-state index contributed by atoms with van der Waals surface area (Å²) in [6.07, 6.45) is 1.00. The third-order valence-electron chi connectivity index (χ3n) is 3.09. The van der Waals surface area contributed by atoms with Gasteiger partial charge >= 0.3 is 0 Å². The summed E-state index contributed by atoms with van der Waals surface area (Å²) >= 11 is 1.81. The predicted molar refractivity (Wildman–Crippen MR) is 72.4 cm³/mol. The number of rotatable bonds is 2. The first kappa shape index (κ1) is 10.5. The van der Waals surface area contributed by atoms with E-state index in [0.717, 1.165) is 6.42 Å². The zero-order valence-electron chi connectivity index (χ0n) is 9.71. The van der Waals surface area contributed by atoms with E-state index in [1.165, 1.54) is 16.2 Å². The highest BCUT2D eigenvalue weighted by Gasteiger charge is 2.26. The molecule has 0 saturated heterocycles. The Balaban J connectivity index is 1.85. The first-order valence-corrected chi connectivity index (χ1v) is 6.62. The van der Waals surface area contributed by atoms with Gasteiger partial charge in [-0.1, -0.05) is 36.4 Å². The van der Waals surface area contributed by atoms with Gasteiger partial charge in [-0.05, 0) is 17.0 Å². The van der Waals surface area contributed by atoms with Crippen molar-refractivity contribution >= 4 is 17.0 Å². The number of nitrogens with zero attached hydrogens (tertiary/aromatic N) is 2. The Morgan fingerprint density at radius 2 is 2.00 bits per heavy atom. The van der Waals surface area contributed by atoms with Crippen LogP contribution in [0.2, 0.25) is 0 Å². The Labute approximate surface area is 105 Å². The maximum Gasteiger partial charge on any atom is 0.0865 e. The summed E-state index contributed by atoms with van der Waals surface area (Å²) in [6, 6.07) is 15.1. The van der Waals surface area contributed by atoms with E-state index in [2.05, 4.69) is 58.9 Å². The molecule has 86 valence electrons. The molecule has 0 saturated carbocycles. The number of benzene rings is 1. The van der Waals surface area contributed by atoms with Crippen molar-refractivity contribution in [2.24, 2.45) is 5.10 Å². The van der Waals surface area contributed by atoms with Crippen LogP contribution >= 0.6 is 11.3 Å². The Hall–Kier alpha value is -1.61. The van der Waals surface area contributed by atoms with Crippen molar-refractivity contribution in [2.45, 2.75) is 12.5 Å². The molecular formula is C14H14N2S. The first-order valence-electron chi connectivity index (χ1n) is 5.74. The molecule has 3 rings (SSSR count). The Morgan fingerprint density at radius 1 is 1.18 bits per heavy atom. The normalized spacial score (nSPS) is 19.5. The molecule has 2 aromatic rings. The quantitative estimate of drug-likeness (QED) is 0.786. The minimum atomic E-state index is 0.408. The molecule has 1 aliphatic heterocycles. The van der Waals surface area contributed by atoms with Crippen LogP contribution in [0.1, 0.15) is 22.9 Å². The van der Waals surface area contributed by atoms with E-state index >= 15 is 0 Å². The molecule has 1 aromatic carbocycles. The van der Waals surface area contributed by atoms with Crippen molar-refractivity contribution in [3.63, 3.8) is 0 Å². The fourth-order valence-corrected chi connectivity index (χ4v) is 3.05. The molecule has 0 amide bonds. The van der Waals surface area contributed by atoms with Gasteiger partial charge in [-0.25, -0.2) is 0 Å². The Morgan fingerprint density at radius 3 is 2.71 bits per heavy atom. The van der Waals surface area contributed by atoms with Gasteiger partial charge in [0.05, 0.1) is 11.8 Å². The van der Waals surface area contributed by atoms with Gasteiger partial charge in [0.15, 0.2) is 0 Å². The van der Waals surface area contributed by atoms with Gasteiger partial charge in [-0.3, -0.25) is 5.01 Å². The minimum Gasteiger partial charge on any atom is -0.291 e. The van der Waals surface area contributed by atoms with Gasteiger partial charge in [-0.15, -0.1) is 11.3 Å². The molecule has 17 heavy (non-hydrogen) atoms. The lowest BCUT2D eigenvalue weighted by atomic mass is 10.0. The fourth-order valence-electron chi connectivity index (χ4n) is 2.19. The second-order valence-corrected chi connectivity index (χ2v) is 5.20. The van der Waals surface area contributed by atoms with Crippen LogP contribution in [-0.2, 0) is 0 Å². The molecule has 2 heterocycles. The zero-order valence-corrected chi connectivity index (χ0v) is 10.5. The van der Waals surface area contributed by atoms with Crippen LogP contribution in [0, 0.1) is 0 Å². The maximum absolute atomic E-state index is 4.65. The summed E-state index contributed by atoms with van der Waals surface area (Å²) in [7, 11) is 2.06. The summed E-state index contributed by atoms with van der Waals surface area (Å²) in [5.41, 5.74) is 2.42. The van der Waals surface area contributed by atoms with E-state index in [1.807, 2.05) is 6.07 Å². The van der Waals surface area contributed by atoms with Gasteiger partial charge in [0.2, 0.25) is 0 Å². The molecule has 0 bridgehead atoms. The molecule has 0 radical (unpaired) electrons. The smallest absolute Gasteiger partial charge is 0.0865 e. The molecule has 1 aromatic heterocycles. The lowest BCUT2D eigenvalue weighted by Gasteiger charge is -2.16. The van der Waals surface area contributed by atoms with E-state index in [1.54, 1.807) is 11.3 Å². The van der Waals surface area contributed by atoms with E-state index in [9.17, 15) is 0 Å². The molecule has 3 heteroatoms. The molecular weight excluding hydrogens is 228 g/mol. The summed E-state index contributed by atoms with van der Waals surface area (Å²) in [5.74, 6) is 0. The highest BCUT2D eigenvalue weighted by atomic mass is 32.1. The van der Waals surface area contributed by atoms with Crippen LogP contribution < -0.4 is 0 Å². The standard InChI is InChI=1S/C14H14N2S/c1-16-13(14-8-5-9-17-14)10-12(15-16)11-6-3-2-4-7-11/h2-9,13H,10H2,1H3/t13-/m1/s1. The fraction of sp³-hybridized carbons (Fsp3) is 0.214. The number of hydrazone groups is 1. The van der Waals surface area contributed by atoms with Crippen molar-refractivity contribution in [2.75, 3.05) is 7.05 Å². The Kier molecular flexibility index (Phi) is 2.69. The van der Waals surface area contributed by atoms with Gasteiger partial charge in [0.25, 0.3) is 0 Å². The molecule has 1 atom stereocenters. The van der Waals surface area contributed by atoms with Crippen molar-refractivity contribution in [1.82, 2.24) is 5.01 Å². The largest absolute Gasteiger partial charge is 0.291 e. The van der Waals surface area contributed by atoms with Crippen LogP contribution in [0.4, 0.5) is 0 Å². The molecule has 2 nitrogen and oxygen atoms in total. The second kappa shape index (κ2) is 4.34. The van der Waals surface area contributed by atoms with E-state index < -0.39 is 0 Å². The van der Waals surface area contributed by atoms with E-state index in [4.69, 9.17) is 0 Å². The summed E-state index contributed by atoms with van der Waals surface area (Å²) in [6.45, 7) is 0. The van der Waals surface area contributed by atoms with Crippen molar-refractivity contribution in [3.05, 3.63) is 58.3 Å². The van der Waals surface area contributed by atoms with Crippen LogP contribution in [0.5, 0.6) is 0 Å². The number of thiophene rings is 1. The van der Waals surface area contributed by atoms with Crippen LogP contribution in [0.25, 0.3) is 0 Å². The third kappa shape index (κ3) is 1.98. The lowest BCUT2D eigenvalue weighted by Crippen LogP contribution is -2.12. The van der Waals surface area contributed by atoms with Gasteiger partial charge in [0.1, 0.15) is 0 Å². The predicted octanol–water partition coefficient (Wildman–Crippen LogP) is 3.53. The minimum absolute atomic E-state index is 0.408. The topological polar surface area (TPSA) is 15.6 Å². The summed E-state index contributed by atoms with van der Waals surface area (Å²) < 4.78 is 0. The van der Waals surface area contributed by atoms with E-state index in [0.29, 0.717) is 6.04 Å². The monoisotopic (exact) mass is 242 g/mol. The molecule has 0 aliphatic carbocycles. The lowest BCUT2D eigenvalue weighted by molar-refractivity contribution is 0.294. The molecule has 1 aliphatic rings. The molecule has 0 fully saturated rings. The molecule has 0 unspecified atom stereocenters. The van der Waals surface area contributed by atoms with Crippen LogP contribution in [-0.4, -0.2) is 17.8 Å². The van der Waals surface area contributed by atoms with Crippen LogP contribution in [0.15, 0.2) is 52.9 Å². The van der Waals surface area contributed by atoms with Gasteiger partial charge < -0.3 is 0 Å². The molecule has 0 spiro atoms. The number of hydrogen-bond donors (Lipinski definition) is 0. The average molecular weight is 242 g/mol. The summed E-state index contributed by atoms with van der Waals surface area (Å²) in [4.78, 5) is 1.39. The van der Waals surface area contributed by atoms with Gasteiger partial charge in [0, 0.05) is 18.3 Å². The Bertz CT molecular complexity index is 516. The van der Waals surface area contributed by atoms with Crippen LogP contribution in [0.3, 0.4) is 0 Å². The van der Waals surface area contributed by atoms with Crippen molar-refractivity contribution < 1.29 is 0 Å². The van der Waals surface area contributed by atoms with Crippen molar-refractivity contribution in [3.8, 4) is 0 Å². The highest BCUT2D eigenvalue weighted by molar-refractivity contribution is 7.10. The van der Waals surface area contributed by atoms with Gasteiger partial charge in [-0.2, -0.15) is 5.10 Å².